The van der Waals surface area contributed by atoms with Crippen LogP contribution in [0.3, 0.4) is 0 Å². The van der Waals surface area contributed by atoms with Gasteiger partial charge >= 0.3 is 0 Å². The molecule has 0 radical (unpaired) electrons. The van der Waals surface area contributed by atoms with Crippen LogP contribution in [0, 0.1) is 18.8 Å². The molecule has 1 aromatic rings. The van der Waals surface area contributed by atoms with Crippen LogP contribution < -0.4 is 5.32 Å². The predicted molar refractivity (Wildman–Crippen MR) is 76.3 cm³/mol. The van der Waals surface area contributed by atoms with E-state index in [0.29, 0.717) is 17.4 Å². The molecule has 1 amide bonds. The van der Waals surface area contributed by atoms with Crippen molar-refractivity contribution in [3.8, 4) is 5.75 Å². The summed E-state index contributed by atoms with van der Waals surface area (Å²) in [6, 6.07) is 5.39. The maximum Gasteiger partial charge on any atom is 0.255 e. The zero-order valence-corrected chi connectivity index (χ0v) is 11.9. The lowest BCUT2D eigenvalue weighted by molar-refractivity contribution is 0.0888. The van der Waals surface area contributed by atoms with Crippen LogP contribution >= 0.6 is 0 Å². The molecular weight excluding hydrogens is 238 g/mol. The number of aromatic hydroxyl groups is 1. The highest BCUT2D eigenvalue weighted by atomic mass is 16.3. The summed E-state index contributed by atoms with van der Waals surface area (Å²) in [7, 11) is 0. The van der Waals surface area contributed by atoms with Crippen LogP contribution in [0.4, 0.5) is 0 Å². The Kier molecular flexibility index (Phi) is 4.13. The molecule has 3 nitrogen and oxygen atoms in total. The van der Waals surface area contributed by atoms with Crippen molar-refractivity contribution >= 4 is 5.91 Å². The number of aryl methyl sites for hydroxylation is 1. The molecule has 1 aliphatic rings. The number of phenols is 1. The fraction of sp³-hybridized carbons (Fsp3) is 0.562. The van der Waals surface area contributed by atoms with Crippen molar-refractivity contribution < 1.29 is 9.90 Å². The SMILES string of the molecule is Cc1ccc(C(=O)NC2CCCC(C)C2C)c(O)c1. The molecule has 1 aliphatic carbocycles. The summed E-state index contributed by atoms with van der Waals surface area (Å²) < 4.78 is 0. The van der Waals surface area contributed by atoms with Crippen LogP contribution in [0.2, 0.25) is 0 Å². The highest BCUT2D eigenvalue weighted by molar-refractivity contribution is 5.97. The van der Waals surface area contributed by atoms with E-state index in [0.717, 1.165) is 18.4 Å². The van der Waals surface area contributed by atoms with Crippen LogP contribution in [-0.2, 0) is 0 Å². The molecule has 1 fully saturated rings. The molecule has 3 unspecified atom stereocenters. The first-order chi connectivity index (χ1) is 8.99. The normalized spacial score (nSPS) is 27.0. The second kappa shape index (κ2) is 5.64. The quantitative estimate of drug-likeness (QED) is 0.858. The van der Waals surface area contributed by atoms with Crippen molar-refractivity contribution in [3.05, 3.63) is 29.3 Å². The Bertz CT molecular complexity index is 470. The minimum Gasteiger partial charge on any atom is -0.507 e. The number of hydrogen-bond donors (Lipinski definition) is 2. The molecule has 0 bridgehead atoms. The second-order valence-electron chi connectivity index (χ2n) is 5.87. The van der Waals surface area contributed by atoms with Crippen molar-refractivity contribution in [2.24, 2.45) is 11.8 Å². The first-order valence-corrected chi connectivity index (χ1v) is 7.09. The summed E-state index contributed by atoms with van der Waals surface area (Å²) in [5.74, 6) is 1.04. The van der Waals surface area contributed by atoms with E-state index in [9.17, 15) is 9.90 Å². The van der Waals surface area contributed by atoms with Crippen LogP contribution in [0.1, 0.15) is 49.0 Å². The smallest absolute Gasteiger partial charge is 0.255 e. The van der Waals surface area contributed by atoms with E-state index in [-0.39, 0.29) is 17.7 Å². The molecule has 1 aromatic carbocycles. The Balaban J connectivity index is 2.08. The highest BCUT2D eigenvalue weighted by Gasteiger charge is 2.28. The van der Waals surface area contributed by atoms with E-state index in [1.165, 1.54) is 6.42 Å². The molecule has 0 heterocycles. The van der Waals surface area contributed by atoms with Gasteiger partial charge in [-0.15, -0.1) is 0 Å². The lowest BCUT2D eigenvalue weighted by Gasteiger charge is -2.34. The summed E-state index contributed by atoms with van der Waals surface area (Å²) in [6.07, 6.45) is 3.43. The third kappa shape index (κ3) is 3.09. The average Bonchev–Trinajstić information content (AvgIpc) is 2.34. The van der Waals surface area contributed by atoms with Crippen molar-refractivity contribution in [1.82, 2.24) is 5.32 Å². The van der Waals surface area contributed by atoms with Gasteiger partial charge in [0.2, 0.25) is 0 Å². The molecule has 0 aliphatic heterocycles. The first kappa shape index (κ1) is 13.9. The lowest BCUT2D eigenvalue weighted by atomic mass is 9.78. The Morgan fingerprint density at radius 3 is 2.74 bits per heavy atom. The summed E-state index contributed by atoms with van der Waals surface area (Å²) in [5, 5.41) is 12.9. The van der Waals surface area contributed by atoms with Crippen molar-refractivity contribution in [3.63, 3.8) is 0 Å². The summed E-state index contributed by atoms with van der Waals surface area (Å²) in [6.45, 7) is 6.34. The van der Waals surface area contributed by atoms with E-state index in [1.54, 1.807) is 12.1 Å². The van der Waals surface area contributed by atoms with E-state index >= 15 is 0 Å². The molecule has 3 atom stereocenters. The number of carbonyl (C=O) groups is 1. The number of carbonyl (C=O) groups excluding carboxylic acids is 1. The minimum absolute atomic E-state index is 0.0639. The first-order valence-electron chi connectivity index (χ1n) is 7.09. The molecule has 2 N–H and O–H groups in total. The molecule has 0 aromatic heterocycles. The van der Waals surface area contributed by atoms with Crippen LogP contribution in [0.25, 0.3) is 0 Å². The Morgan fingerprint density at radius 1 is 1.32 bits per heavy atom. The topological polar surface area (TPSA) is 49.3 Å². The lowest BCUT2D eigenvalue weighted by Crippen LogP contribution is -2.43. The van der Waals surface area contributed by atoms with Gasteiger partial charge in [0.05, 0.1) is 5.56 Å². The standard InChI is InChI=1S/C16H23NO2/c1-10-7-8-13(15(18)9-10)16(19)17-14-6-4-5-11(2)12(14)3/h7-9,11-12,14,18H,4-6H2,1-3H3,(H,17,19). The van der Waals surface area contributed by atoms with Crippen molar-refractivity contribution in [1.29, 1.82) is 0 Å². The van der Waals surface area contributed by atoms with Crippen molar-refractivity contribution in [2.75, 3.05) is 0 Å². The molecule has 0 spiro atoms. The number of amides is 1. The van der Waals surface area contributed by atoms with Gasteiger partial charge in [-0.25, -0.2) is 0 Å². The van der Waals surface area contributed by atoms with Gasteiger partial charge in [0, 0.05) is 6.04 Å². The Morgan fingerprint density at radius 2 is 2.05 bits per heavy atom. The molecule has 0 saturated heterocycles. The van der Waals surface area contributed by atoms with E-state index in [2.05, 4.69) is 19.2 Å². The molecule has 3 heteroatoms. The van der Waals surface area contributed by atoms with E-state index < -0.39 is 0 Å². The number of rotatable bonds is 2. The maximum atomic E-state index is 12.2. The summed E-state index contributed by atoms with van der Waals surface area (Å²) in [5.41, 5.74) is 1.32. The highest BCUT2D eigenvalue weighted by Crippen LogP contribution is 2.30. The van der Waals surface area contributed by atoms with Crippen LogP contribution in [-0.4, -0.2) is 17.1 Å². The Hall–Kier alpha value is -1.51. The van der Waals surface area contributed by atoms with Crippen LogP contribution in [0.15, 0.2) is 18.2 Å². The zero-order chi connectivity index (χ0) is 14.0. The number of benzene rings is 1. The van der Waals surface area contributed by atoms with Crippen molar-refractivity contribution in [2.45, 2.75) is 46.1 Å². The van der Waals surface area contributed by atoms with Gasteiger partial charge in [-0.1, -0.05) is 32.8 Å². The fourth-order valence-corrected chi connectivity index (χ4v) is 2.87. The van der Waals surface area contributed by atoms with E-state index in [1.807, 2.05) is 13.0 Å². The van der Waals surface area contributed by atoms with Gasteiger partial charge in [0.25, 0.3) is 5.91 Å². The fourth-order valence-electron chi connectivity index (χ4n) is 2.87. The molecule has 19 heavy (non-hydrogen) atoms. The maximum absolute atomic E-state index is 12.2. The van der Waals surface area contributed by atoms with Crippen LogP contribution in [0.5, 0.6) is 5.75 Å². The third-order valence-corrected chi connectivity index (χ3v) is 4.42. The number of phenolic OH excluding ortho intramolecular Hbond substituents is 1. The molecule has 1 saturated carbocycles. The number of hydrogen-bond acceptors (Lipinski definition) is 2. The van der Waals surface area contributed by atoms with Gasteiger partial charge in [-0.2, -0.15) is 0 Å². The summed E-state index contributed by atoms with van der Waals surface area (Å²) in [4.78, 5) is 12.2. The third-order valence-electron chi connectivity index (χ3n) is 4.42. The second-order valence-corrected chi connectivity index (χ2v) is 5.87. The summed E-state index contributed by atoms with van der Waals surface area (Å²) >= 11 is 0. The largest absolute Gasteiger partial charge is 0.507 e. The van der Waals surface area contributed by atoms with Gasteiger partial charge < -0.3 is 10.4 Å². The molecule has 104 valence electrons. The van der Waals surface area contributed by atoms with Gasteiger partial charge in [0.15, 0.2) is 0 Å². The van der Waals surface area contributed by atoms with E-state index in [4.69, 9.17) is 0 Å². The molecular formula is C16H23NO2. The van der Waals surface area contributed by atoms with Gasteiger partial charge in [-0.3, -0.25) is 4.79 Å². The predicted octanol–water partition coefficient (Wildman–Crippen LogP) is 3.26. The molecule has 2 rings (SSSR count). The van der Waals surface area contributed by atoms with Gasteiger partial charge in [-0.05, 0) is 42.9 Å². The zero-order valence-electron chi connectivity index (χ0n) is 11.9. The van der Waals surface area contributed by atoms with Gasteiger partial charge in [0.1, 0.15) is 5.75 Å². The Labute approximate surface area is 115 Å². The average molecular weight is 261 g/mol. The minimum atomic E-state index is -0.163. The monoisotopic (exact) mass is 261 g/mol. The number of nitrogens with one attached hydrogen (secondary N) is 1.